The van der Waals surface area contributed by atoms with Crippen molar-refractivity contribution < 1.29 is 4.74 Å². The first kappa shape index (κ1) is 13.4. The van der Waals surface area contributed by atoms with Crippen molar-refractivity contribution in [1.29, 1.82) is 0 Å². The quantitative estimate of drug-likeness (QED) is 0.811. The minimum Gasteiger partial charge on any atom is -0.494 e. The second-order valence-corrected chi connectivity index (χ2v) is 6.07. The highest BCUT2D eigenvalue weighted by atomic mass is 16.5. The normalized spacial score (nSPS) is 25.2. The molecule has 0 bridgehead atoms. The minimum atomic E-state index is 0.381. The number of allylic oxidation sites excluding steroid dienone is 2. The van der Waals surface area contributed by atoms with Gasteiger partial charge in [-0.3, -0.25) is 0 Å². The predicted molar refractivity (Wildman–Crippen MR) is 90.4 cm³/mol. The zero-order valence-electron chi connectivity index (χ0n) is 12.8. The molecule has 0 unspecified atom stereocenters. The topological polar surface area (TPSA) is 21.3 Å². The van der Waals surface area contributed by atoms with E-state index in [0.717, 1.165) is 12.2 Å². The molecule has 1 aliphatic heterocycles. The average Bonchev–Trinajstić information content (AvgIpc) is 3.05. The Labute approximate surface area is 131 Å². The van der Waals surface area contributed by atoms with E-state index in [4.69, 9.17) is 4.74 Å². The van der Waals surface area contributed by atoms with Crippen LogP contribution < -0.4 is 10.1 Å². The van der Waals surface area contributed by atoms with Crippen molar-refractivity contribution >= 4 is 5.69 Å². The third-order valence-corrected chi connectivity index (χ3v) is 4.80. The summed E-state index contributed by atoms with van der Waals surface area (Å²) in [5, 5.41) is 3.76. The Balaban J connectivity index is 1.74. The second-order valence-electron chi connectivity index (χ2n) is 6.07. The maximum absolute atomic E-state index is 5.68. The number of fused-ring (bicyclic) bond motifs is 3. The van der Waals surface area contributed by atoms with Gasteiger partial charge in [-0.1, -0.05) is 42.5 Å². The van der Waals surface area contributed by atoms with Crippen LogP contribution in [0.1, 0.15) is 36.4 Å². The lowest BCUT2D eigenvalue weighted by molar-refractivity contribution is 0.338. The van der Waals surface area contributed by atoms with Crippen LogP contribution in [0, 0.1) is 5.92 Å². The summed E-state index contributed by atoms with van der Waals surface area (Å²) in [6.45, 7) is 2.74. The summed E-state index contributed by atoms with van der Waals surface area (Å²) in [5.41, 5.74) is 3.99. The lowest BCUT2D eigenvalue weighted by Gasteiger charge is -2.37. The van der Waals surface area contributed by atoms with Gasteiger partial charge >= 0.3 is 0 Å². The summed E-state index contributed by atoms with van der Waals surface area (Å²) < 4.78 is 5.68. The van der Waals surface area contributed by atoms with E-state index >= 15 is 0 Å². The van der Waals surface area contributed by atoms with Gasteiger partial charge in [0, 0.05) is 11.6 Å². The van der Waals surface area contributed by atoms with Crippen LogP contribution >= 0.6 is 0 Å². The van der Waals surface area contributed by atoms with Crippen LogP contribution in [0.3, 0.4) is 0 Å². The third kappa shape index (κ3) is 2.19. The summed E-state index contributed by atoms with van der Waals surface area (Å²) in [4.78, 5) is 0. The first-order valence-electron chi connectivity index (χ1n) is 8.11. The van der Waals surface area contributed by atoms with E-state index in [0.29, 0.717) is 24.5 Å². The fourth-order valence-corrected chi connectivity index (χ4v) is 3.82. The van der Waals surface area contributed by atoms with Gasteiger partial charge in [0.25, 0.3) is 0 Å². The first-order valence-corrected chi connectivity index (χ1v) is 8.11. The lowest BCUT2D eigenvalue weighted by Crippen LogP contribution is -2.29. The molecular weight excluding hydrogens is 270 g/mol. The molecule has 3 atom stereocenters. The number of rotatable bonds is 3. The molecule has 0 aromatic heterocycles. The lowest BCUT2D eigenvalue weighted by atomic mass is 9.77. The number of hydrogen-bond donors (Lipinski definition) is 1. The van der Waals surface area contributed by atoms with Gasteiger partial charge in [-0.15, -0.1) is 0 Å². The molecule has 0 radical (unpaired) electrons. The summed E-state index contributed by atoms with van der Waals surface area (Å²) in [6.07, 6.45) is 5.83. The van der Waals surface area contributed by atoms with Crippen molar-refractivity contribution in [2.75, 3.05) is 11.9 Å². The number of nitrogens with one attached hydrogen (secondary N) is 1. The zero-order valence-corrected chi connectivity index (χ0v) is 12.8. The Morgan fingerprint density at radius 2 is 2.00 bits per heavy atom. The fourth-order valence-electron chi connectivity index (χ4n) is 3.82. The van der Waals surface area contributed by atoms with Gasteiger partial charge in [-0.25, -0.2) is 0 Å². The molecule has 0 amide bonds. The molecule has 2 aromatic carbocycles. The van der Waals surface area contributed by atoms with Gasteiger partial charge in [0.1, 0.15) is 5.75 Å². The monoisotopic (exact) mass is 291 g/mol. The average molecular weight is 291 g/mol. The van der Waals surface area contributed by atoms with E-state index < -0.39 is 0 Å². The fraction of sp³-hybridized carbons (Fsp3) is 0.300. The SMILES string of the molecule is CCOc1ccc2c(c1)[C@@H]1C=CC[C@H]1[C@H](c1ccccc1)N2. The minimum absolute atomic E-state index is 0.381. The molecule has 112 valence electrons. The number of hydrogen-bond acceptors (Lipinski definition) is 2. The summed E-state index contributed by atoms with van der Waals surface area (Å²) >= 11 is 0. The van der Waals surface area contributed by atoms with E-state index in [-0.39, 0.29) is 0 Å². The molecule has 0 saturated carbocycles. The van der Waals surface area contributed by atoms with Gasteiger partial charge in [0.2, 0.25) is 0 Å². The van der Waals surface area contributed by atoms with E-state index in [1.54, 1.807) is 0 Å². The third-order valence-electron chi connectivity index (χ3n) is 4.80. The van der Waals surface area contributed by atoms with E-state index in [1.807, 2.05) is 6.92 Å². The standard InChI is InChI=1S/C20H21NO/c1-2-22-15-11-12-19-18(13-15)16-9-6-10-17(16)20(21-19)14-7-4-3-5-8-14/h3-9,11-13,16-17,20-21H,2,10H2,1H3/t16-,17-,20+/m1/s1. The van der Waals surface area contributed by atoms with Crippen LogP contribution in [-0.2, 0) is 0 Å². The smallest absolute Gasteiger partial charge is 0.119 e. The van der Waals surface area contributed by atoms with Crippen molar-refractivity contribution in [3.8, 4) is 5.75 Å². The Morgan fingerprint density at radius 3 is 2.82 bits per heavy atom. The molecule has 0 saturated heterocycles. The molecule has 0 spiro atoms. The van der Waals surface area contributed by atoms with Crippen molar-refractivity contribution in [2.45, 2.75) is 25.3 Å². The largest absolute Gasteiger partial charge is 0.494 e. The van der Waals surface area contributed by atoms with Gasteiger partial charge in [-0.05, 0) is 48.6 Å². The Kier molecular flexibility index (Phi) is 3.38. The first-order chi connectivity index (χ1) is 10.9. The molecule has 0 fully saturated rings. The zero-order chi connectivity index (χ0) is 14.9. The molecule has 2 heteroatoms. The highest BCUT2D eigenvalue weighted by molar-refractivity contribution is 5.61. The predicted octanol–water partition coefficient (Wildman–Crippen LogP) is 4.91. The van der Waals surface area contributed by atoms with Crippen LogP contribution in [-0.4, -0.2) is 6.61 Å². The van der Waals surface area contributed by atoms with Gasteiger partial charge in [-0.2, -0.15) is 0 Å². The van der Waals surface area contributed by atoms with Gasteiger partial charge in [0.05, 0.1) is 12.6 Å². The summed E-state index contributed by atoms with van der Waals surface area (Å²) in [7, 11) is 0. The van der Waals surface area contributed by atoms with Crippen molar-refractivity contribution in [3.63, 3.8) is 0 Å². The number of ether oxygens (including phenoxy) is 1. The molecular formula is C20H21NO. The van der Waals surface area contributed by atoms with Crippen LogP contribution in [0.4, 0.5) is 5.69 Å². The molecule has 1 N–H and O–H groups in total. The van der Waals surface area contributed by atoms with Crippen molar-refractivity contribution in [2.24, 2.45) is 5.92 Å². The van der Waals surface area contributed by atoms with E-state index in [2.05, 4.69) is 66.0 Å². The van der Waals surface area contributed by atoms with Crippen molar-refractivity contribution in [1.82, 2.24) is 0 Å². The van der Waals surface area contributed by atoms with Crippen LogP contribution in [0.25, 0.3) is 0 Å². The van der Waals surface area contributed by atoms with E-state index in [9.17, 15) is 0 Å². The molecule has 1 heterocycles. The Morgan fingerprint density at radius 1 is 1.14 bits per heavy atom. The molecule has 4 rings (SSSR count). The Bertz CT molecular complexity index is 692. The van der Waals surface area contributed by atoms with Crippen LogP contribution in [0.2, 0.25) is 0 Å². The van der Waals surface area contributed by atoms with Crippen LogP contribution in [0.15, 0.2) is 60.7 Å². The summed E-state index contributed by atoms with van der Waals surface area (Å²) in [6, 6.07) is 17.6. The van der Waals surface area contributed by atoms with Gasteiger partial charge in [0.15, 0.2) is 0 Å². The number of anilines is 1. The number of benzene rings is 2. The molecule has 2 nitrogen and oxygen atoms in total. The van der Waals surface area contributed by atoms with Crippen LogP contribution in [0.5, 0.6) is 5.75 Å². The molecule has 2 aliphatic rings. The Hall–Kier alpha value is -2.22. The maximum atomic E-state index is 5.68. The second kappa shape index (κ2) is 5.53. The highest BCUT2D eigenvalue weighted by Crippen LogP contribution is 2.50. The maximum Gasteiger partial charge on any atom is 0.119 e. The molecule has 2 aromatic rings. The molecule has 1 aliphatic carbocycles. The van der Waals surface area contributed by atoms with E-state index in [1.165, 1.54) is 16.8 Å². The van der Waals surface area contributed by atoms with Gasteiger partial charge < -0.3 is 10.1 Å². The van der Waals surface area contributed by atoms with Crippen molar-refractivity contribution in [3.05, 3.63) is 71.8 Å². The highest BCUT2D eigenvalue weighted by Gasteiger charge is 2.37. The summed E-state index contributed by atoms with van der Waals surface area (Å²) in [5.74, 6) is 2.05. The molecule has 22 heavy (non-hydrogen) atoms.